The van der Waals surface area contributed by atoms with Crippen molar-refractivity contribution in [3.8, 4) is 5.75 Å². The van der Waals surface area contributed by atoms with Gasteiger partial charge in [-0.15, -0.1) is 0 Å². The summed E-state index contributed by atoms with van der Waals surface area (Å²) in [6.07, 6.45) is 0.392. The lowest BCUT2D eigenvalue weighted by Gasteiger charge is -2.08. The van der Waals surface area contributed by atoms with Gasteiger partial charge < -0.3 is 4.74 Å². The third-order valence-electron chi connectivity index (χ3n) is 3.05. The summed E-state index contributed by atoms with van der Waals surface area (Å²) in [5, 5.41) is 0. The number of benzene rings is 2. The zero-order chi connectivity index (χ0) is 15.8. The van der Waals surface area contributed by atoms with Crippen molar-refractivity contribution in [1.82, 2.24) is 10.9 Å². The standard InChI is InChI=1S/C17H18N2O3/c1-22-15-9-5-8-14(10-15)12-17(21)19-18-16(20)11-13-6-3-2-4-7-13/h2-10H,11-12H2,1H3,(H,18,20)(H,19,21). The number of rotatable bonds is 5. The Kier molecular flexibility index (Phi) is 5.54. The van der Waals surface area contributed by atoms with E-state index in [2.05, 4.69) is 10.9 Å². The highest BCUT2D eigenvalue weighted by Crippen LogP contribution is 2.12. The normalized spacial score (nSPS) is 9.86. The highest BCUT2D eigenvalue weighted by Gasteiger charge is 2.07. The smallest absolute Gasteiger partial charge is 0.242 e. The Labute approximate surface area is 129 Å². The first-order valence-electron chi connectivity index (χ1n) is 6.92. The first-order chi connectivity index (χ1) is 10.7. The Bertz CT molecular complexity index is 641. The molecule has 0 heterocycles. The maximum absolute atomic E-state index is 11.8. The highest BCUT2D eigenvalue weighted by molar-refractivity contribution is 5.84. The summed E-state index contributed by atoms with van der Waals surface area (Å²) in [4.78, 5) is 23.5. The molecule has 0 atom stereocenters. The van der Waals surface area contributed by atoms with Gasteiger partial charge in [-0.2, -0.15) is 0 Å². The second-order valence-corrected chi connectivity index (χ2v) is 4.79. The van der Waals surface area contributed by atoms with Crippen LogP contribution >= 0.6 is 0 Å². The lowest BCUT2D eigenvalue weighted by atomic mass is 10.1. The maximum Gasteiger partial charge on any atom is 0.242 e. The molecule has 0 aromatic heterocycles. The number of ether oxygens (including phenoxy) is 1. The molecule has 114 valence electrons. The van der Waals surface area contributed by atoms with E-state index in [1.54, 1.807) is 13.2 Å². The van der Waals surface area contributed by atoms with Gasteiger partial charge in [0.05, 0.1) is 20.0 Å². The summed E-state index contributed by atoms with van der Waals surface area (Å²) in [5.41, 5.74) is 6.52. The van der Waals surface area contributed by atoms with Crippen molar-refractivity contribution in [2.45, 2.75) is 12.8 Å². The predicted molar refractivity (Wildman–Crippen MR) is 83.1 cm³/mol. The van der Waals surface area contributed by atoms with Crippen LogP contribution in [0.4, 0.5) is 0 Å². The lowest BCUT2D eigenvalue weighted by molar-refractivity contribution is -0.128. The third-order valence-corrected chi connectivity index (χ3v) is 3.05. The van der Waals surface area contributed by atoms with Crippen LogP contribution in [0.2, 0.25) is 0 Å². The van der Waals surface area contributed by atoms with E-state index in [0.29, 0.717) is 5.75 Å². The molecule has 0 saturated carbocycles. The fourth-order valence-electron chi connectivity index (χ4n) is 1.98. The van der Waals surface area contributed by atoms with Gasteiger partial charge in [0.2, 0.25) is 11.8 Å². The summed E-state index contributed by atoms with van der Waals surface area (Å²) >= 11 is 0. The van der Waals surface area contributed by atoms with Gasteiger partial charge in [0.25, 0.3) is 0 Å². The van der Waals surface area contributed by atoms with Gasteiger partial charge in [-0.05, 0) is 23.3 Å². The average Bonchev–Trinajstić information content (AvgIpc) is 2.54. The number of hydrazine groups is 1. The zero-order valence-corrected chi connectivity index (χ0v) is 12.3. The van der Waals surface area contributed by atoms with Gasteiger partial charge >= 0.3 is 0 Å². The van der Waals surface area contributed by atoms with E-state index in [9.17, 15) is 9.59 Å². The summed E-state index contributed by atoms with van der Waals surface area (Å²) in [5.74, 6) is 0.151. The number of methoxy groups -OCH3 is 1. The van der Waals surface area contributed by atoms with Crippen LogP contribution in [-0.4, -0.2) is 18.9 Å². The van der Waals surface area contributed by atoms with Crippen molar-refractivity contribution in [2.75, 3.05) is 7.11 Å². The summed E-state index contributed by atoms with van der Waals surface area (Å²) in [7, 11) is 1.57. The Morgan fingerprint density at radius 2 is 1.45 bits per heavy atom. The fourth-order valence-corrected chi connectivity index (χ4v) is 1.98. The largest absolute Gasteiger partial charge is 0.497 e. The molecule has 22 heavy (non-hydrogen) atoms. The summed E-state index contributed by atoms with van der Waals surface area (Å²) < 4.78 is 5.10. The first kappa shape index (κ1) is 15.6. The van der Waals surface area contributed by atoms with Crippen LogP contribution in [0.5, 0.6) is 5.75 Å². The number of hydrogen-bond acceptors (Lipinski definition) is 3. The minimum Gasteiger partial charge on any atom is -0.497 e. The molecule has 0 radical (unpaired) electrons. The molecular formula is C17H18N2O3. The molecule has 5 heteroatoms. The lowest BCUT2D eigenvalue weighted by Crippen LogP contribution is -2.43. The van der Waals surface area contributed by atoms with Crippen molar-refractivity contribution >= 4 is 11.8 Å². The second kappa shape index (κ2) is 7.83. The average molecular weight is 298 g/mol. The van der Waals surface area contributed by atoms with Crippen molar-refractivity contribution in [2.24, 2.45) is 0 Å². The van der Waals surface area contributed by atoms with E-state index in [-0.39, 0.29) is 24.7 Å². The van der Waals surface area contributed by atoms with Crippen LogP contribution in [0.15, 0.2) is 54.6 Å². The van der Waals surface area contributed by atoms with Crippen LogP contribution in [0.3, 0.4) is 0 Å². The molecule has 0 fully saturated rings. The Morgan fingerprint density at radius 3 is 2.09 bits per heavy atom. The number of carbonyl (C=O) groups is 2. The summed E-state index contributed by atoms with van der Waals surface area (Å²) in [6.45, 7) is 0. The van der Waals surface area contributed by atoms with Gasteiger partial charge in [0, 0.05) is 0 Å². The van der Waals surface area contributed by atoms with Crippen LogP contribution in [0.1, 0.15) is 11.1 Å². The van der Waals surface area contributed by atoms with Crippen LogP contribution in [0.25, 0.3) is 0 Å². The third kappa shape index (κ3) is 4.94. The van der Waals surface area contributed by atoms with Crippen molar-refractivity contribution in [3.05, 3.63) is 65.7 Å². The van der Waals surface area contributed by atoms with E-state index in [4.69, 9.17) is 4.74 Å². The number of hydrogen-bond donors (Lipinski definition) is 2. The fraction of sp³-hybridized carbons (Fsp3) is 0.176. The molecule has 2 rings (SSSR count). The first-order valence-corrected chi connectivity index (χ1v) is 6.92. The van der Waals surface area contributed by atoms with E-state index in [0.717, 1.165) is 11.1 Å². The SMILES string of the molecule is COc1cccc(CC(=O)NNC(=O)Cc2ccccc2)c1. The highest BCUT2D eigenvalue weighted by atomic mass is 16.5. The molecule has 0 aliphatic rings. The molecule has 2 aromatic carbocycles. The quantitative estimate of drug-likeness (QED) is 0.824. The molecule has 5 nitrogen and oxygen atoms in total. The van der Waals surface area contributed by atoms with E-state index in [1.165, 1.54) is 0 Å². The molecule has 2 aromatic rings. The molecule has 2 N–H and O–H groups in total. The second-order valence-electron chi connectivity index (χ2n) is 4.79. The molecule has 0 spiro atoms. The molecule has 0 bridgehead atoms. The van der Waals surface area contributed by atoms with Crippen LogP contribution < -0.4 is 15.6 Å². The predicted octanol–water partition coefficient (Wildman–Crippen LogP) is 1.63. The number of nitrogens with one attached hydrogen (secondary N) is 2. The van der Waals surface area contributed by atoms with Crippen molar-refractivity contribution in [1.29, 1.82) is 0 Å². The zero-order valence-electron chi connectivity index (χ0n) is 12.3. The molecule has 0 aliphatic heterocycles. The van der Waals surface area contributed by atoms with Gasteiger partial charge in [0.1, 0.15) is 5.75 Å². The van der Waals surface area contributed by atoms with Crippen LogP contribution in [0, 0.1) is 0 Å². The topological polar surface area (TPSA) is 67.4 Å². The summed E-state index contributed by atoms with van der Waals surface area (Å²) in [6, 6.07) is 16.6. The van der Waals surface area contributed by atoms with Gasteiger partial charge in [-0.1, -0.05) is 42.5 Å². The molecule has 0 unspecified atom stereocenters. The molecule has 2 amide bonds. The minimum absolute atomic E-state index is 0.169. The Morgan fingerprint density at radius 1 is 0.864 bits per heavy atom. The monoisotopic (exact) mass is 298 g/mol. The molecule has 0 aliphatic carbocycles. The van der Waals surface area contributed by atoms with E-state index in [1.807, 2.05) is 48.5 Å². The minimum atomic E-state index is -0.283. The van der Waals surface area contributed by atoms with Gasteiger partial charge in [-0.3, -0.25) is 20.4 Å². The van der Waals surface area contributed by atoms with Crippen molar-refractivity contribution in [3.63, 3.8) is 0 Å². The van der Waals surface area contributed by atoms with Gasteiger partial charge in [0.15, 0.2) is 0 Å². The van der Waals surface area contributed by atoms with Gasteiger partial charge in [-0.25, -0.2) is 0 Å². The Hall–Kier alpha value is -2.82. The number of carbonyl (C=O) groups excluding carboxylic acids is 2. The molecular weight excluding hydrogens is 280 g/mol. The molecule has 0 saturated heterocycles. The number of amides is 2. The van der Waals surface area contributed by atoms with Crippen LogP contribution in [-0.2, 0) is 22.4 Å². The maximum atomic E-state index is 11.8. The van der Waals surface area contributed by atoms with E-state index < -0.39 is 0 Å². The van der Waals surface area contributed by atoms with E-state index >= 15 is 0 Å². The van der Waals surface area contributed by atoms with Crippen molar-refractivity contribution < 1.29 is 14.3 Å². The Balaban J connectivity index is 1.78.